The lowest BCUT2D eigenvalue weighted by molar-refractivity contribution is -0.123. The Balaban J connectivity index is 1.54. The number of rotatable bonds is 7. The first-order valence-electron chi connectivity index (χ1n) is 9.84. The van der Waals surface area contributed by atoms with Crippen molar-refractivity contribution in [2.24, 2.45) is 0 Å². The van der Waals surface area contributed by atoms with Gasteiger partial charge in [0, 0.05) is 17.5 Å². The van der Waals surface area contributed by atoms with E-state index >= 15 is 0 Å². The fourth-order valence-electron chi connectivity index (χ4n) is 3.21. The maximum absolute atomic E-state index is 13.0. The van der Waals surface area contributed by atoms with Crippen LogP contribution in [0.2, 0.25) is 5.02 Å². The van der Waals surface area contributed by atoms with E-state index in [0.29, 0.717) is 22.8 Å². The highest BCUT2D eigenvalue weighted by atomic mass is 35.5. The zero-order valence-corrected chi connectivity index (χ0v) is 17.3. The predicted octanol–water partition coefficient (Wildman–Crippen LogP) is 2.85. The van der Waals surface area contributed by atoms with Crippen LogP contribution in [0.5, 0.6) is 0 Å². The van der Waals surface area contributed by atoms with Gasteiger partial charge in [0.1, 0.15) is 6.04 Å². The highest BCUT2D eigenvalue weighted by molar-refractivity contribution is 6.30. The summed E-state index contributed by atoms with van der Waals surface area (Å²) in [6, 6.07) is 16.3. The van der Waals surface area contributed by atoms with Crippen LogP contribution >= 0.6 is 11.6 Å². The Morgan fingerprint density at radius 3 is 2.63 bits per heavy atom. The van der Waals surface area contributed by atoms with Gasteiger partial charge in [0.2, 0.25) is 5.91 Å². The Bertz CT molecular complexity index is 1060. The van der Waals surface area contributed by atoms with E-state index in [-0.39, 0.29) is 17.6 Å². The number of carbonyl (C=O) groups is 2. The third-order valence-electron chi connectivity index (χ3n) is 4.99. The molecule has 2 N–H and O–H groups in total. The molecule has 7 nitrogen and oxygen atoms in total. The van der Waals surface area contributed by atoms with Gasteiger partial charge in [0.15, 0.2) is 5.69 Å². The first-order chi connectivity index (χ1) is 14.5. The van der Waals surface area contributed by atoms with E-state index in [1.54, 1.807) is 29.8 Å². The molecule has 0 saturated heterocycles. The molecule has 2 aromatic carbocycles. The van der Waals surface area contributed by atoms with Gasteiger partial charge in [-0.05, 0) is 43.5 Å². The van der Waals surface area contributed by atoms with Gasteiger partial charge in [-0.1, -0.05) is 53.2 Å². The van der Waals surface area contributed by atoms with Crippen LogP contribution < -0.4 is 10.6 Å². The lowest BCUT2D eigenvalue weighted by Crippen LogP contribution is -2.48. The molecule has 30 heavy (non-hydrogen) atoms. The molecular formula is C22H22ClN5O2. The fraction of sp³-hybridized carbons (Fsp3) is 0.273. The summed E-state index contributed by atoms with van der Waals surface area (Å²) in [5.74, 6) is -0.623. The third-order valence-corrected chi connectivity index (χ3v) is 5.23. The van der Waals surface area contributed by atoms with Crippen LogP contribution in [0.25, 0.3) is 5.69 Å². The van der Waals surface area contributed by atoms with Gasteiger partial charge in [-0.2, -0.15) is 0 Å². The largest absolute Gasteiger partial charge is 0.352 e. The maximum Gasteiger partial charge on any atom is 0.274 e. The van der Waals surface area contributed by atoms with Crippen molar-refractivity contribution in [2.75, 3.05) is 0 Å². The SMILES string of the molecule is Cc1c(C(=O)NC(Cc2ccccc2)C(=O)NC2CC2)nnn1-c1cccc(Cl)c1. The number of hydrogen-bond acceptors (Lipinski definition) is 4. The first kappa shape index (κ1) is 20.1. The van der Waals surface area contributed by atoms with Crippen LogP contribution in [0.4, 0.5) is 0 Å². The molecule has 0 radical (unpaired) electrons. The molecule has 1 unspecified atom stereocenters. The molecule has 8 heteroatoms. The summed E-state index contributed by atoms with van der Waals surface area (Å²) >= 11 is 6.06. The van der Waals surface area contributed by atoms with Crippen molar-refractivity contribution in [1.82, 2.24) is 25.6 Å². The summed E-state index contributed by atoms with van der Waals surface area (Å²) in [6.07, 6.45) is 2.35. The molecule has 154 valence electrons. The third kappa shape index (κ3) is 4.68. The summed E-state index contributed by atoms with van der Waals surface area (Å²) in [5.41, 5.74) is 2.41. The minimum atomic E-state index is -0.698. The normalized spacial score (nSPS) is 14.2. The van der Waals surface area contributed by atoms with Crippen LogP contribution in [0.15, 0.2) is 54.6 Å². The van der Waals surface area contributed by atoms with Crippen LogP contribution in [-0.2, 0) is 11.2 Å². The quantitative estimate of drug-likeness (QED) is 0.611. The van der Waals surface area contributed by atoms with E-state index in [9.17, 15) is 9.59 Å². The van der Waals surface area contributed by atoms with Gasteiger partial charge in [-0.25, -0.2) is 4.68 Å². The number of amides is 2. The topological polar surface area (TPSA) is 88.9 Å². The van der Waals surface area contributed by atoms with Crippen LogP contribution in [0.1, 0.15) is 34.6 Å². The molecule has 4 rings (SSSR count). The van der Waals surface area contributed by atoms with Gasteiger partial charge < -0.3 is 10.6 Å². The number of carbonyl (C=O) groups excluding carboxylic acids is 2. The van der Waals surface area contributed by atoms with Gasteiger partial charge in [0.25, 0.3) is 5.91 Å². The molecule has 0 bridgehead atoms. The predicted molar refractivity (Wildman–Crippen MR) is 114 cm³/mol. The second kappa shape index (κ2) is 8.67. The Labute approximate surface area is 179 Å². The van der Waals surface area contributed by atoms with E-state index in [4.69, 9.17) is 11.6 Å². The molecule has 0 spiro atoms. The zero-order chi connectivity index (χ0) is 21.1. The monoisotopic (exact) mass is 423 g/mol. The maximum atomic E-state index is 13.0. The number of halogens is 1. The standard InChI is InChI=1S/C22H22ClN5O2/c1-14-20(26-27-28(14)18-9-5-8-16(23)13-18)22(30)25-19(21(29)24-17-10-11-17)12-15-6-3-2-4-7-15/h2-9,13,17,19H,10-12H2,1H3,(H,24,29)(H,25,30). The van der Waals surface area contributed by atoms with E-state index in [1.165, 1.54) is 0 Å². The molecule has 1 aromatic heterocycles. The van der Waals surface area contributed by atoms with E-state index in [2.05, 4.69) is 20.9 Å². The first-order valence-corrected chi connectivity index (χ1v) is 10.2. The second-order valence-electron chi connectivity index (χ2n) is 7.41. The number of nitrogens with zero attached hydrogens (tertiary/aromatic N) is 3. The van der Waals surface area contributed by atoms with Crippen LogP contribution in [-0.4, -0.2) is 38.9 Å². The zero-order valence-electron chi connectivity index (χ0n) is 16.5. The second-order valence-corrected chi connectivity index (χ2v) is 7.85. The molecule has 1 saturated carbocycles. The summed E-state index contributed by atoms with van der Waals surface area (Å²) < 4.78 is 1.55. The van der Waals surface area contributed by atoms with Gasteiger partial charge in [-0.3, -0.25) is 9.59 Å². The van der Waals surface area contributed by atoms with Gasteiger partial charge >= 0.3 is 0 Å². The highest BCUT2D eigenvalue weighted by Crippen LogP contribution is 2.19. The lowest BCUT2D eigenvalue weighted by Gasteiger charge is -2.18. The molecule has 0 aliphatic heterocycles. The van der Waals surface area contributed by atoms with Crippen molar-refractivity contribution in [3.63, 3.8) is 0 Å². The average Bonchev–Trinajstić information content (AvgIpc) is 3.46. The van der Waals surface area contributed by atoms with Crippen molar-refractivity contribution >= 4 is 23.4 Å². The Morgan fingerprint density at radius 1 is 1.17 bits per heavy atom. The molecular weight excluding hydrogens is 402 g/mol. The minimum Gasteiger partial charge on any atom is -0.352 e. The van der Waals surface area contributed by atoms with E-state index < -0.39 is 11.9 Å². The Hall–Kier alpha value is -3.19. The fourth-order valence-corrected chi connectivity index (χ4v) is 3.39. The minimum absolute atomic E-state index is 0.173. The Morgan fingerprint density at radius 2 is 1.93 bits per heavy atom. The molecule has 1 atom stereocenters. The van der Waals surface area contributed by atoms with Crippen molar-refractivity contribution < 1.29 is 9.59 Å². The highest BCUT2D eigenvalue weighted by Gasteiger charge is 2.30. The molecule has 3 aromatic rings. The summed E-state index contributed by atoms with van der Waals surface area (Å²) in [5, 5.41) is 14.5. The summed E-state index contributed by atoms with van der Waals surface area (Å²) in [6.45, 7) is 1.76. The number of nitrogens with one attached hydrogen (secondary N) is 2. The van der Waals surface area contributed by atoms with Gasteiger partial charge in [0.05, 0.1) is 11.4 Å². The van der Waals surface area contributed by atoms with Crippen molar-refractivity contribution in [1.29, 1.82) is 0 Å². The molecule has 1 heterocycles. The number of benzene rings is 2. The number of aromatic nitrogens is 3. The van der Waals surface area contributed by atoms with E-state index in [1.807, 2.05) is 36.4 Å². The van der Waals surface area contributed by atoms with Crippen molar-refractivity contribution in [3.8, 4) is 5.69 Å². The van der Waals surface area contributed by atoms with Crippen LogP contribution in [0, 0.1) is 6.92 Å². The number of hydrogen-bond donors (Lipinski definition) is 2. The molecule has 1 aliphatic carbocycles. The molecule has 1 fully saturated rings. The molecule has 2 amide bonds. The summed E-state index contributed by atoms with van der Waals surface area (Å²) in [7, 11) is 0. The lowest BCUT2D eigenvalue weighted by atomic mass is 10.0. The van der Waals surface area contributed by atoms with E-state index in [0.717, 1.165) is 18.4 Å². The smallest absolute Gasteiger partial charge is 0.274 e. The Kier molecular flexibility index (Phi) is 5.81. The van der Waals surface area contributed by atoms with Crippen LogP contribution in [0.3, 0.4) is 0 Å². The average molecular weight is 424 g/mol. The van der Waals surface area contributed by atoms with Crippen molar-refractivity contribution in [2.45, 2.75) is 38.3 Å². The van der Waals surface area contributed by atoms with Crippen molar-refractivity contribution in [3.05, 3.63) is 76.6 Å². The summed E-state index contributed by atoms with van der Waals surface area (Å²) in [4.78, 5) is 25.7. The van der Waals surface area contributed by atoms with Gasteiger partial charge in [-0.15, -0.1) is 5.10 Å². The molecule has 1 aliphatic rings.